The molecule has 0 atom stereocenters. The van der Waals surface area contributed by atoms with E-state index in [1.54, 1.807) is 30.2 Å². The zero-order chi connectivity index (χ0) is 15.9. The predicted molar refractivity (Wildman–Crippen MR) is 86.1 cm³/mol. The molecule has 22 heavy (non-hydrogen) atoms. The molecule has 0 bridgehead atoms. The van der Waals surface area contributed by atoms with Crippen molar-refractivity contribution in [1.82, 2.24) is 4.90 Å². The van der Waals surface area contributed by atoms with E-state index < -0.39 is 0 Å². The summed E-state index contributed by atoms with van der Waals surface area (Å²) in [5.74, 6) is 0.470. The predicted octanol–water partition coefficient (Wildman–Crippen LogP) is 3.17. The lowest BCUT2D eigenvalue weighted by Gasteiger charge is -2.23. The highest BCUT2D eigenvalue weighted by atomic mass is 35.5. The molecular formula is C17H18ClNO3. The van der Waals surface area contributed by atoms with Gasteiger partial charge in [-0.25, -0.2) is 0 Å². The highest BCUT2D eigenvalue weighted by Gasteiger charge is 2.16. The molecule has 1 N–H and O–H groups in total. The third-order valence-electron chi connectivity index (χ3n) is 3.33. The van der Waals surface area contributed by atoms with Crippen LogP contribution in [-0.2, 0) is 17.9 Å². The summed E-state index contributed by atoms with van der Waals surface area (Å²) in [5, 5.41) is 9.97. The van der Waals surface area contributed by atoms with Gasteiger partial charge in [-0.3, -0.25) is 4.79 Å². The van der Waals surface area contributed by atoms with Gasteiger partial charge in [-0.05, 0) is 23.8 Å². The normalized spacial score (nSPS) is 10.3. The summed E-state index contributed by atoms with van der Waals surface area (Å²) in [6.07, 6.45) is 0. The van der Waals surface area contributed by atoms with Crippen molar-refractivity contribution in [1.29, 1.82) is 0 Å². The lowest BCUT2D eigenvalue weighted by atomic mass is 10.1. The largest absolute Gasteiger partial charge is 0.508 e. The van der Waals surface area contributed by atoms with Crippen LogP contribution >= 0.6 is 11.6 Å². The number of benzene rings is 2. The molecule has 0 aliphatic heterocycles. The Bertz CT molecular complexity index is 631. The monoisotopic (exact) mass is 319 g/mol. The summed E-state index contributed by atoms with van der Waals surface area (Å²) >= 11 is 5.70. The van der Waals surface area contributed by atoms with Crippen molar-refractivity contribution in [2.45, 2.75) is 13.1 Å². The Hall–Kier alpha value is -2.20. The number of halogens is 1. The van der Waals surface area contributed by atoms with Crippen LogP contribution < -0.4 is 4.74 Å². The number of phenolic OH excluding ortho intramolecular Hbond substituents is 1. The number of phenols is 1. The average Bonchev–Trinajstić information content (AvgIpc) is 2.56. The number of alkyl halides is 1. The first kappa shape index (κ1) is 16.2. The molecule has 2 aromatic carbocycles. The van der Waals surface area contributed by atoms with Gasteiger partial charge in [0.1, 0.15) is 17.4 Å². The van der Waals surface area contributed by atoms with E-state index in [1.807, 2.05) is 30.3 Å². The van der Waals surface area contributed by atoms with E-state index in [0.717, 1.165) is 5.56 Å². The van der Waals surface area contributed by atoms with Gasteiger partial charge in [0.15, 0.2) is 0 Å². The Balaban J connectivity index is 2.21. The minimum Gasteiger partial charge on any atom is -0.508 e. The fraction of sp³-hybridized carbons (Fsp3) is 0.235. The summed E-state index contributed by atoms with van der Waals surface area (Å²) in [7, 11) is 1.56. The Morgan fingerprint density at radius 2 is 1.91 bits per heavy atom. The molecule has 0 saturated carbocycles. The van der Waals surface area contributed by atoms with Gasteiger partial charge in [0.05, 0.1) is 7.11 Å². The van der Waals surface area contributed by atoms with Crippen molar-refractivity contribution in [3.05, 3.63) is 59.7 Å². The van der Waals surface area contributed by atoms with E-state index in [1.165, 1.54) is 0 Å². The van der Waals surface area contributed by atoms with Crippen molar-refractivity contribution in [2.75, 3.05) is 13.0 Å². The molecule has 0 saturated heterocycles. The maximum atomic E-state index is 12.1. The van der Waals surface area contributed by atoms with Crippen LogP contribution in [0.1, 0.15) is 11.1 Å². The Morgan fingerprint density at radius 1 is 1.18 bits per heavy atom. The molecule has 0 spiro atoms. The number of carbonyl (C=O) groups excluding carboxylic acids is 1. The number of methoxy groups -OCH3 is 1. The number of nitrogens with zero attached hydrogens (tertiary/aromatic N) is 1. The van der Waals surface area contributed by atoms with Gasteiger partial charge in [-0.1, -0.05) is 30.3 Å². The van der Waals surface area contributed by atoms with Gasteiger partial charge in [-0.15, -0.1) is 11.6 Å². The Morgan fingerprint density at radius 3 is 2.55 bits per heavy atom. The lowest BCUT2D eigenvalue weighted by Crippen LogP contribution is -2.31. The van der Waals surface area contributed by atoms with Crippen molar-refractivity contribution < 1.29 is 14.6 Å². The number of hydrogen-bond acceptors (Lipinski definition) is 3. The number of amides is 1. The first-order valence-electron chi connectivity index (χ1n) is 6.87. The first-order chi connectivity index (χ1) is 10.6. The third-order valence-corrected chi connectivity index (χ3v) is 3.56. The maximum Gasteiger partial charge on any atom is 0.238 e. The van der Waals surface area contributed by atoms with Crippen LogP contribution in [-0.4, -0.2) is 28.9 Å². The topological polar surface area (TPSA) is 49.8 Å². The first-order valence-corrected chi connectivity index (χ1v) is 7.41. The van der Waals surface area contributed by atoms with Crippen molar-refractivity contribution in [3.8, 4) is 11.5 Å². The second-order valence-corrected chi connectivity index (χ2v) is 5.13. The third kappa shape index (κ3) is 4.15. The van der Waals surface area contributed by atoms with Crippen LogP contribution in [0.4, 0.5) is 0 Å². The van der Waals surface area contributed by atoms with E-state index in [-0.39, 0.29) is 24.1 Å². The van der Waals surface area contributed by atoms with Crippen LogP contribution in [0.15, 0.2) is 48.5 Å². The molecule has 4 nitrogen and oxygen atoms in total. The second-order valence-electron chi connectivity index (χ2n) is 4.86. The molecule has 2 rings (SSSR count). The number of rotatable bonds is 6. The molecule has 0 unspecified atom stereocenters. The standard InChI is InChI=1S/C17H18ClNO3/c1-22-15-7-8-16(20)14(9-15)12-19(17(21)10-18)11-13-5-3-2-4-6-13/h2-9,20H,10-12H2,1H3. The zero-order valence-electron chi connectivity index (χ0n) is 12.3. The molecule has 0 aliphatic rings. The lowest BCUT2D eigenvalue weighted by molar-refractivity contribution is -0.129. The molecule has 0 fully saturated rings. The average molecular weight is 320 g/mol. The van der Waals surface area contributed by atoms with Crippen LogP contribution in [0.3, 0.4) is 0 Å². The van der Waals surface area contributed by atoms with Gasteiger partial charge >= 0.3 is 0 Å². The van der Waals surface area contributed by atoms with Gasteiger partial charge < -0.3 is 14.7 Å². The maximum absolute atomic E-state index is 12.1. The van der Waals surface area contributed by atoms with E-state index in [4.69, 9.17) is 16.3 Å². The summed E-state index contributed by atoms with van der Waals surface area (Å²) in [5.41, 5.74) is 1.62. The van der Waals surface area contributed by atoms with Crippen LogP contribution in [0.25, 0.3) is 0 Å². The molecule has 0 aromatic heterocycles. The summed E-state index contributed by atoms with van der Waals surface area (Å²) in [4.78, 5) is 13.7. The highest BCUT2D eigenvalue weighted by molar-refractivity contribution is 6.27. The fourth-order valence-electron chi connectivity index (χ4n) is 2.14. The molecular weight excluding hydrogens is 302 g/mol. The van der Waals surface area contributed by atoms with Crippen molar-refractivity contribution >= 4 is 17.5 Å². The van der Waals surface area contributed by atoms with Gasteiger partial charge in [0, 0.05) is 18.7 Å². The molecule has 5 heteroatoms. The Kier molecular flexibility index (Phi) is 5.67. The van der Waals surface area contributed by atoms with Gasteiger partial charge in [0.25, 0.3) is 0 Å². The molecule has 0 heterocycles. The number of aromatic hydroxyl groups is 1. The SMILES string of the molecule is COc1ccc(O)c(CN(Cc2ccccc2)C(=O)CCl)c1. The van der Waals surface area contributed by atoms with Gasteiger partial charge in [0.2, 0.25) is 5.91 Å². The smallest absolute Gasteiger partial charge is 0.238 e. The summed E-state index contributed by atoms with van der Waals surface area (Å²) in [6.45, 7) is 0.701. The van der Waals surface area contributed by atoms with Gasteiger partial charge in [-0.2, -0.15) is 0 Å². The van der Waals surface area contributed by atoms with Crippen LogP contribution in [0, 0.1) is 0 Å². The summed E-state index contributed by atoms with van der Waals surface area (Å²) < 4.78 is 5.16. The molecule has 1 amide bonds. The molecule has 2 aromatic rings. The summed E-state index contributed by atoms with van der Waals surface area (Å²) in [6, 6.07) is 14.6. The Labute approximate surface area is 134 Å². The molecule has 116 valence electrons. The number of ether oxygens (including phenoxy) is 1. The van der Waals surface area contributed by atoms with Crippen molar-refractivity contribution in [3.63, 3.8) is 0 Å². The minimum atomic E-state index is -0.187. The number of carbonyl (C=O) groups is 1. The quantitative estimate of drug-likeness (QED) is 0.832. The van der Waals surface area contributed by atoms with E-state index >= 15 is 0 Å². The van der Waals surface area contributed by atoms with E-state index in [9.17, 15) is 9.90 Å². The molecule has 0 radical (unpaired) electrons. The van der Waals surface area contributed by atoms with Crippen LogP contribution in [0.5, 0.6) is 11.5 Å². The van der Waals surface area contributed by atoms with E-state index in [0.29, 0.717) is 17.9 Å². The highest BCUT2D eigenvalue weighted by Crippen LogP contribution is 2.25. The van der Waals surface area contributed by atoms with Crippen LogP contribution in [0.2, 0.25) is 0 Å². The van der Waals surface area contributed by atoms with E-state index in [2.05, 4.69) is 0 Å². The zero-order valence-corrected chi connectivity index (χ0v) is 13.1. The fourth-order valence-corrected chi connectivity index (χ4v) is 2.31. The second kappa shape index (κ2) is 7.71. The number of hydrogen-bond donors (Lipinski definition) is 1. The minimum absolute atomic E-state index is 0.0996. The van der Waals surface area contributed by atoms with Crippen molar-refractivity contribution in [2.24, 2.45) is 0 Å². The molecule has 0 aliphatic carbocycles.